The van der Waals surface area contributed by atoms with Crippen LogP contribution in [0.3, 0.4) is 0 Å². The Balaban J connectivity index is 2.01. The number of aromatic nitrogens is 3. The first-order chi connectivity index (χ1) is 10.0. The van der Waals surface area contributed by atoms with Crippen LogP contribution < -0.4 is 5.32 Å². The number of thioether (sulfide) groups is 1. The predicted octanol–water partition coefficient (Wildman–Crippen LogP) is 2.70. The summed E-state index contributed by atoms with van der Waals surface area (Å²) in [6.07, 6.45) is 1.59. The molecule has 0 unspecified atom stereocenters. The van der Waals surface area contributed by atoms with E-state index in [1.807, 2.05) is 11.5 Å². The molecular formula is C13H14F2N4OS. The summed E-state index contributed by atoms with van der Waals surface area (Å²) in [5.74, 6) is -2.28. The van der Waals surface area contributed by atoms with Crippen LogP contribution in [0.15, 0.2) is 29.7 Å². The number of benzene rings is 1. The average molecular weight is 312 g/mol. The Morgan fingerprint density at radius 3 is 2.86 bits per heavy atom. The summed E-state index contributed by atoms with van der Waals surface area (Å²) < 4.78 is 27.7. The largest absolute Gasteiger partial charge is 0.325 e. The van der Waals surface area contributed by atoms with Crippen molar-refractivity contribution >= 4 is 23.4 Å². The van der Waals surface area contributed by atoms with Crippen molar-refractivity contribution < 1.29 is 13.6 Å². The maximum Gasteiger partial charge on any atom is 0.237 e. The molecule has 8 heteroatoms. The molecule has 1 amide bonds. The number of nitrogens with zero attached hydrogens (tertiary/aromatic N) is 3. The Morgan fingerprint density at radius 1 is 1.43 bits per heavy atom. The number of anilines is 1. The minimum Gasteiger partial charge on any atom is -0.325 e. The van der Waals surface area contributed by atoms with E-state index in [1.54, 1.807) is 13.3 Å². The number of hydrogen-bond donors (Lipinski definition) is 1. The lowest BCUT2D eigenvalue weighted by Gasteiger charge is -2.12. The van der Waals surface area contributed by atoms with Crippen LogP contribution in [0.1, 0.15) is 13.8 Å². The van der Waals surface area contributed by atoms with Gasteiger partial charge >= 0.3 is 0 Å². The van der Waals surface area contributed by atoms with Gasteiger partial charge in [0, 0.05) is 18.3 Å². The summed E-state index contributed by atoms with van der Waals surface area (Å²) in [6, 6.07) is 3.22. The number of nitrogens with one attached hydrogen (secondary N) is 1. The first-order valence-electron chi connectivity index (χ1n) is 6.31. The van der Waals surface area contributed by atoms with Gasteiger partial charge in [-0.25, -0.2) is 8.78 Å². The second-order valence-electron chi connectivity index (χ2n) is 4.28. The molecule has 0 saturated heterocycles. The molecule has 0 radical (unpaired) electrons. The van der Waals surface area contributed by atoms with Crippen LogP contribution in [0, 0.1) is 11.6 Å². The van der Waals surface area contributed by atoms with Crippen LogP contribution >= 0.6 is 11.8 Å². The normalized spacial score (nSPS) is 12.2. The lowest BCUT2D eigenvalue weighted by atomic mass is 10.3. The zero-order valence-electron chi connectivity index (χ0n) is 11.5. The summed E-state index contributed by atoms with van der Waals surface area (Å²) in [7, 11) is 0. The third-order valence-electron chi connectivity index (χ3n) is 2.76. The van der Waals surface area contributed by atoms with E-state index in [4.69, 9.17) is 0 Å². The van der Waals surface area contributed by atoms with Gasteiger partial charge in [0.15, 0.2) is 16.8 Å². The molecule has 1 aromatic carbocycles. The summed E-state index contributed by atoms with van der Waals surface area (Å²) in [5, 5.41) is 10.4. The molecule has 1 atom stereocenters. The zero-order valence-corrected chi connectivity index (χ0v) is 12.3. The molecule has 0 spiro atoms. The second kappa shape index (κ2) is 6.66. The van der Waals surface area contributed by atoms with E-state index in [0.717, 1.165) is 12.1 Å². The molecule has 0 fully saturated rings. The van der Waals surface area contributed by atoms with Gasteiger partial charge in [0.05, 0.1) is 5.25 Å². The van der Waals surface area contributed by atoms with Gasteiger partial charge in [-0.2, -0.15) is 0 Å². The molecule has 1 aromatic heterocycles. The van der Waals surface area contributed by atoms with Crippen LogP contribution in [-0.2, 0) is 11.3 Å². The number of amides is 1. The maximum absolute atomic E-state index is 13.1. The van der Waals surface area contributed by atoms with Crippen molar-refractivity contribution in [2.75, 3.05) is 5.32 Å². The number of carbonyl (C=O) groups is 1. The highest BCUT2D eigenvalue weighted by molar-refractivity contribution is 8.00. The predicted molar refractivity (Wildman–Crippen MR) is 76.0 cm³/mol. The first kappa shape index (κ1) is 15.4. The summed E-state index contributed by atoms with van der Waals surface area (Å²) in [5.41, 5.74) is 0.211. The zero-order chi connectivity index (χ0) is 15.4. The van der Waals surface area contributed by atoms with Gasteiger partial charge in [-0.1, -0.05) is 11.8 Å². The molecule has 1 N–H and O–H groups in total. The van der Waals surface area contributed by atoms with Gasteiger partial charge in [-0.05, 0) is 26.0 Å². The number of hydrogen-bond acceptors (Lipinski definition) is 4. The van der Waals surface area contributed by atoms with Crippen molar-refractivity contribution in [3.05, 3.63) is 36.2 Å². The van der Waals surface area contributed by atoms with Crippen molar-refractivity contribution in [3.63, 3.8) is 0 Å². The standard InChI is InChI=1S/C13H14F2N4OS/c1-3-19-7-16-18-13(19)21-8(2)12(20)17-9-4-5-10(14)11(15)6-9/h4-8H,3H2,1-2H3,(H,17,20)/t8-/m1/s1. The molecule has 0 bridgehead atoms. The molecule has 112 valence electrons. The molecule has 2 rings (SSSR count). The fraction of sp³-hybridized carbons (Fsp3) is 0.308. The van der Waals surface area contributed by atoms with E-state index < -0.39 is 16.9 Å². The average Bonchev–Trinajstić information content (AvgIpc) is 2.90. The highest BCUT2D eigenvalue weighted by atomic mass is 32.2. The van der Waals surface area contributed by atoms with Crippen LogP contribution in [0.25, 0.3) is 0 Å². The van der Waals surface area contributed by atoms with Gasteiger partial charge in [-0.15, -0.1) is 10.2 Å². The fourth-order valence-electron chi connectivity index (χ4n) is 1.58. The highest BCUT2D eigenvalue weighted by Crippen LogP contribution is 2.22. The molecule has 2 aromatic rings. The van der Waals surface area contributed by atoms with E-state index in [1.165, 1.54) is 17.8 Å². The Hall–Kier alpha value is -1.96. The molecule has 5 nitrogen and oxygen atoms in total. The van der Waals surface area contributed by atoms with Crippen LogP contribution in [0.5, 0.6) is 0 Å². The van der Waals surface area contributed by atoms with Crippen LogP contribution in [0.2, 0.25) is 0 Å². The molecule has 0 aliphatic rings. The fourth-order valence-corrected chi connectivity index (χ4v) is 2.47. The van der Waals surface area contributed by atoms with E-state index in [-0.39, 0.29) is 11.6 Å². The summed E-state index contributed by atoms with van der Waals surface area (Å²) >= 11 is 1.25. The monoisotopic (exact) mass is 312 g/mol. The Bertz CT molecular complexity index is 647. The highest BCUT2D eigenvalue weighted by Gasteiger charge is 2.18. The molecule has 0 saturated carbocycles. The molecule has 0 aliphatic carbocycles. The quantitative estimate of drug-likeness (QED) is 0.862. The van der Waals surface area contributed by atoms with Gasteiger partial charge in [0.1, 0.15) is 6.33 Å². The number of carbonyl (C=O) groups excluding carboxylic acids is 1. The summed E-state index contributed by atoms with van der Waals surface area (Å²) in [6.45, 7) is 4.35. The Morgan fingerprint density at radius 2 is 2.19 bits per heavy atom. The van der Waals surface area contributed by atoms with E-state index in [9.17, 15) is 13.6 Å². The lowest BCUT2D eigenvalue weighted by Crippen LogP contribution is -2.23. The SMILES string of the molecule is CCn1cnnc1S[C@H](C)C(=O)Nc1ccc(F)c(F)c1. The third-order valence-corrected chi connectivity index (χ3v) is 3.85. The molecule has 1 heterocycles. The van der Waals surface area contributed by atoms with E-state index in [2.05, 4.69) is 15.5 Å². The topological polar surface area (TPSA) is 59.8 Å². The third kappa shape index (κ3) is 3.78. The van der Waals surface area contributed by atoms with Gasteiger partial charge in [0.2, 0.25) is 5.91 Å². The number of halogens is 2. The van der Waals surface area contributed by atoms with E-state index in [0.29, 0.717) is 11.7 Å². The maximum atomic E-state index is 13.1. The Labute approximate surface area is 124 Å². The minimum absolute atomic E-state index is 0.211. The minimum atomic E-state index is -1.00. The van der Waals surface area contributed by atoms with Gasteiger partial charge < -0.3 is 9.88 Å². The Kier molecular flexibility index (Phi) is 4.89. The van der Waals surface area contributed by atoms with Crippen molar-refractivity contribution in [3.8, 4) is 0 Å². The van der Waals surface area contributed by atoms with E-state index >= 15 is 0 Å². The van der Waals surface area contributed by atoms with Crippen molar-refractivity contribution in [2.24, 2.45) is 0 Å². The second-order valence-corrected chi connectivity index (χ2v) is 5.59. The summed E-state index contributed by atoms with van der Waals surface area (Å²) in [4.78, 5) is 12.0. The lowest BCUT2D eigenvalue weighted by molar-refractivity contribution is -0.115. The van der Waals surface area contributed by atoms with Crippen molar-refractivity contribution in [1.82, 2.24) is 14.8 Å². The van der Waals surface area contributed by atoms with Crippen LogP contribution in [0.4, 0.5) is 14.5 Å². The van der Waals surface area contributed by atoms with Crippen LogP contribution in [-0.4, -0.2) is 25.9 Å². The van der Waals surface area contributed by atoms with Gasteiger partial charge in [0.25, 0.3) is 0 Å². The number of rotatable bonds is 5. The molecule has 21 heavy (non-hydrogen) atoms. The molecule has 0 aliphatic heterocycles. The number of aryl methyl sites for hydroxylation is 1. The first-order valence-corrected chi connectivity index (χ1v) is 7.19. The van der Waals surface area contributed by atoms with Crippen molar-refractivity contribution in [2.45, 2.75) is 30.8 Å². The smallest absolute Gasteiger partial charge is 0.237 e. The molecular weight excluding hydrogens is 298 g/mol. The van der Waals surface area contributed by atoms with Crippen molar-refractivity contribution in [1.29, 1.82) is 0 Å². The van der Waals surface area contributed by atoms with Gasteiger partial charge in [-0.3, -0.25) is 4.79 Å².